The zero-order valence-electron chi connectivity index (χ0n) is 18.0. The van der Waals surface area contributed by atoms with Crippen LogP contribution in [0.15, 0.2) is 42.5 Å². The minimum absolute atomic E-state index is 0.0126. The van der Waals surface area contributed by atoms with Gasteiger partial charge in [0.2, 0.25) is 5.91 Å². The summed E-state index contributed by atoms with van der Waals surface area (Å²) in [4.78, 5) is 27.0. The number of ether oxygens (including phenoxy) is 3. The summed E-state index contributed by atoms with van der Waals surface area (Å²) in [6.45, 7) is -1.92. The number of hydrogen-bond donors (Lipinski definition) is 1. The highest BCUT2D eigenvalue weighted by atomic mass is 19.3. The van der Waals surface area contributed by atoms with Crippen molar-refractivity contribution in [1.82, 2.24) is 10.2 Å². The number of halogens is 2. The molecule has 1 aliphatic heterocycles. The average Bonchev–Trinajstić information content (AvgIpc) is 2.79. The summed E-state index contributed by atoms with van der Waals surface area (Å²) in [6, 6.07) is 11.4. The number of alkyl halides is 2. The lowest BCUT2D eigenvalue weighted by molar-refractivity contribution is -0.131. The standard InChI is InChI=1S/C23H26F2N2O5/c1-30-18-6-4-3-5-15(18)14-21(28)27-11-9-17(10-12-27)26-22(29)16-7-8-19(32-23(24)25)20(13-16)31-2/h3-8,13,17,23H,9-12,14H2,1-2H3,(H,26,29). The van der Waals surface area contributed by atoms with E-state index in [0.717, 1.165) is 5.56 Å². The molecule has 1 fully saturated rings. The van der Waals surface area contributed by atoms with Crippen LogP contribution in [0.1, 0.15) is 28.8 Å². The number of likely N-dealkylation sites (tertiary alicyclic amines) is 1. The fourth-order valence-electron chi connectivity index (χ4n) is 3.67. The van der Waals surface area contributed by atoms with E-state index in [1.54, 1.807) is 12.0 Å². The molecule has 172 valence electrons. The molecule has 0 aromatic heterocycles. The number of piperidine rings is 1. The Bertz CT molecular complexity index is 946. The Morgan fingerprint density at radius 3 is 2.38 bits per heavy atom. The summed E-state index contributed by atoms with van der Waals surface area (Å²) in [7, 11) is 2.89. The summed E-state index contributed by atoms with van der Waals surface area (Å²) in [5.74, 6) is 0.267. The van der Waals surface area contributed by atoms with Crippen molar-refractivity contribution >= 4 is 11.8 Å². The largest absolute Gasteiger partial charge is 0.496 e. The maximum absolute atomic E-state index is 12.7. The number of nitrogens with zero attached hydrogens (tertiary/aromatic N) is 1. The van der Waals surface area contributed by atoms with Crippen molar-refractivity contribution in [2.45, 2.75) is 31.9 Å². The van der Waals surface area contributed by atoms with Crippen molar-refractivity contribution in [2.75, 3.05) is 27.3 Å². The highest BCUT2D eigenvalue weighted by molar-refractivity contribution is 5.95. The van der Waals surface area contributed by atoms with E-state index in [0.29, 0.717) is 31.7 Å². The van der Waals surface area contributed by atoms with E-state index in [4.69, 9.17) is 9.47 Å². The number of rotatable bonds is 8. The molecule has 0 radical (unpaired) electrons. The normalized spacial score (nSPS) is 14.2. The summed E-state index contributed by atoms with van der Waals surface area (Å²) < 4.78 is 39.6. The van der Waals surface area contributed by atoms with Crippen LogP contribution in [0, 0.1) is 0 Å². The lowest BCUT2D eigenvalue weighted by Crippen LogP contribution is -2.47. The van der Waals surface area contributed by atoms with Gasteiger partial charge < -0.3 is 24.4 Å². The maximum atomic E-state index is 12.7. The molecule has 2 aromatic rings. The number of carbonyl (C=O) groups excluding carboxylic acids is 2. The molecule has 1 aliphatic rings. The molecule has 1 N–H and O–H groups in total. The monoisotopic (exact) mass is 448 g/mol. The van der Waals surface area contributed by atoms with Crippen LogP contribution in [0.5, 0.6) is 17.2 Å². The van der Waals surface area contributed by atoms with Gasteiger partial charge in [0.25, 0.3) is 5.91 Å². The van der Waals surface area contributed by atoms with E-state index in [9.17, 15) is 18.4 Å². The first-order valence-electron chi connectivity index (χ1n) is 10.2. The second-order valence-electron chi connectivity index (χ2n) is 7.36. The zero-order chi connectivity index (χ0) is 23.1. The van der Waals surface area contributed by atoms with Crippen LogP contribution in [-0.2, 0) is 11.2 Å². The van der Waals surface area contributed by atoms with E-state index in [1.807, 2.05) is 24.3 Å². The van der Waals surface area contributed by atoms with Crippen molar-refractivity contribution in [3.8, 4) is 17.2 Å². The van der Waals surface area contributed by atoms with Crippen molar-refractivity contribution in [3.05, 3.63) is 53.6 Å². The van der Waals surface area contributed by atoms with Gasteiger partial charge in [0.1, 0.15) is 5.75 Å². The Morgan fingerprint density at radius 1 is 1.03 bits per heavy atom. The van der Waals surface area contributed by atoms with Crippen molar-refractivity contribution < 1.29 is 32.6 Å². The van der Waals surface area contributed by atoms with E-state index < -0.39 is 6.61 Å². The molecule has 32 heavy (non-hydrogen) atoms. The number of amides is 2. The van der Waals surface area contributed by atoms with Crippen molar-refractivity contribution in [3.63, 3.8) is 0 Å². The predicted molar refractivity (Wildman–Crippen MR) is 113 cm³/mol. The first kappa shape index (κ1) is 23.3. The third kappa shape index (κ3) is 5.87. The first-order chi connectivity index (χ1) is 15.4. The molecule has 7 nitrogen and oxygen atoms in total. The lowest BCUT2D eigenvalue weighted by Gasteiger charge is -2.32. The topological polar surface area (TPSA) is 77.1 Å². The Labute approximate surface area is 185 Å². The van der Waals surface area contributed by atoms with Gasteiger partial charge in [-0.25, -0.2) is 0 Å². The number of benzene rings is 2. The van der Waals surface area contributed by atoms with Crippen LogP contribution in [0.2, 0.25) is 0 Å². The molecule has 0 atom stereocenters. The number of nitrogens with one attached hydrogen (secondary N) is 1. The molecule has 3 rings (SSSR count). The van der Waals surface area contributed by atoms with E-state index >= 15 is 0 Å². The highest BCUT2D eigenvalue weighted by Gasteiger charge is 2.25. The Kier molecular flexibility index (Phi) is 7.86. The highest BCUT2D eigenvalue weighted by Crippen LogP contribution is 2.29. The molecule has 2 amide bonds. The van der Waals surface area contributed by atoms with Gasteiger partial charge in [0.05, 0.1) is 20.6 Å². The summed E-state index contributed by atoms with van der Waals surface area (Å²) in [5.41, 5.74) is 1.11. The van der Waals surface area contributed by atoms with Crippen LogP contribution >= 0.6 is 0 Å². The summed E-state index contributed by atoms with van der Waals surface area (Å²) in [6.07, 6.45) is 1.49. The first-order valence-corrected chi connectivity index (χ1v) is 10.2. The Hall–Kier alpha value is -3.36. The van der Waals surface area contributed by atoms with Gasteiger partial charge in [0, 0.05) is 30.3 Å². The Morgan fingerprint density at radius 2 is 1.72 bits per heavy atom. The quantitative estimate of drug-likeness (QED) is 0.671. The van der Waals surface area contributed by atoms with Gasteiger partial charge in [-0.1, -0.05) is 18.2 Å². The smallest absolute Gasteiger partial charge is 0.387 e. The molecular weight excluding hydrogens is 422 g/mol. The van der Waals surface area contributed by atoms with Gasteiger partial charge in [-0.05, 0) is 37.1 Å². The number of hydrogen-bond acceptors (Lipinski definition) is 5. The minimum atomic E-state index is -2.99. The molecule has 1 saturated heterocycles. The summed E-state index contributed by atoms with van der Waals surface area (Å²) >= 11 is 0. The maximum Gasteiger partial charge on any atom is 0.387 e. The van der Waals surface area contributed by atoms with Crippen LogP contribution < -0.4 is 19.5 Å². The van der Waals surface area contributed by atoms with Gasteiger partial charge in [0.15, 0.2) is 11.5 Å². The number of para-hydroxylation sites is 1. The summed E-state index contributed by atoms with van der Waals surface area (Å²) in [5, 5.41) is 2.93. The second-order valence-corrected chi connectivity index (χ2v) is 7.36. The van der Waals surface area contributed by atoms with Crippen molar-refractivity contribution in [1.29, 1.82) is 0 Å². The van der Waals surface area contributed by atoms with Gasteiger partial charge in [-0.3, -0.25) is 9.59 Å². The van der Waals surface area contributed by atoms with Gasteiger partial charge in [-0.15, -0.1) is 0 Å². The van der Waals surface area contributed by atoms with Gasteiger partial charge in [-0.2, -0.15) is 8.78 Å². The van der Waals surface area contributed by atoms with Crippen LogP contribution in [-0.4, -0.2) is 56.7 Å². The van der Waals surface area contributed by atoms with Crippen LogP contribution in [0.4, 0.5) is 8.78 Å². The van der Waals surface area contributed by atoms with Crippen LogP contribution in [0.25, 0.3) is 0 Å². The average molecular weight is 448 g/mol. The lowest BCUT2D eigenvalue weighted by atomic mass is 10.0. The zero-order valence-corrected chi connectivity index (χ0v) is 18.0. The van der Waals surface area contributed by atoms with Gasteiger partial charge >= 0.3 is 6.61 Å². The molecule has 0 saturated carbocycles. The molecular formula is C23H26F2N2O5. The Balaban J connectivity index is 1.53. The van der Waals surface area contributed by atoms with Crippen molar-refractivity contribution in [2.24, 2.45) is 0 Å². The molecule has 0 aliphatic carbocycles. The second kappa shape index (κ2) is 10.8. The minimum Gasteiger partial charge on any atom is -0.496 e. The SMILES string of the molecule is COc1ccccc1CC(=O)N1CCC(NC(=O)c2ccc(OC(F)F)c(OC)c2)CC1. The molecule has 0 unspecified atom stereocenters. The molecule has 0 bridgehead atoms. The van der Waals surface area contributed by atoms with E-state index in [1.165, 1.54) is 25.3 Å². The van der Waals surface area contributed by atoms with E-state index in [-0.39, 0.29) is 41.3 Å². The molecule has 0 spiro atoms. The molecule has 9 heteroatoms. The third-order valence-electron chi connectivity index (χ3n) is 5.36. The third-order valence-corrected chi connectivity index (χ3v) is 5.36. The van der Waals surface area contributed by atoms with Crippen LogP contribution in [0.3, 0.4) is 0 Å². The molecule has 1 heterocycles. The number of methoxy groups -OCH3 is 2. The van der Waals surface area contributed by atoms with E-state index in [2.05, 4.69) is 10.1 Å². The predicted octanol–water partition coefficient (Wildman–Crippen LogP) is 3.27. The number of carbonyl (C=O) groups is 2. The fourth-order valence-corrected chi connectivity index (χ4v) is 3.67. The fraction of sp³-hybridized carbons (Fsp3) is 0.391. The molecule has 2 aromatic carbocycles.